The van der Waals surface area contributed by atoms with Gasteiger partial charge in [0, 0.05) is 6.54 Å². The van der Waals surface area contributed by atoms with Crippen molar-refractivity contribution in [2.45, 2.75) is 5.41 Å². The predicted molar refractivity (Wildman–Crippen MR) is 47.9 cm³/mol. The van der Waals surface area contributed by atoms with Gasteiger partial charge in [-0.2, -0.15) is 0 Å². The lowest BCUT2D eigenvalue weighted by Gasteiger charge is -2.40. The molecule has 0 atom stereocenters. The van der Waals surface area contributed by atoms with E-state index in [4.69, 9.17) is 10.5 Å². The molecule has 1 fully saturated rings. The number of ether oxygens (including phenoxy) is 1. The summed E-state index contributed by atoms with van der Waals surface area (Å²) in [6, 6.07) is 3.89. The summed E-state index contributed by atoms with van der Waals surface area (Å²) in [5.74, 6) is -1.66. The summed E-state index contributed by atoms with van der Waals surface area (Å²) < 4.78 is 30.7. The summed E-state index contributed by atoms with van der Waals surface area (Å²) in [6.07, 6.45) is 0. The average Bonchev–Trinajstić information content (AvgIpc) is 2.10. The molecular weight excluding hydrogens is 188 g/mol. The van der Waals surface area contributed by atoms with Crippen LogP contribution < -0.4 is 5.73 Å². The fourth-order valence-electron chi connectivity index (χ4n) is 1.58. The molecule has 2 N–H and O–H groups in total. The van der Waals surface area contributed by atoms with Crippen molar-refractivity contribution < 1.29 is 13.5 Å². The third-order valence-electron chi connectivity index (χ3n) is 2.68. The van der Waals surface area contributed by atoms with Crippen LogP contribution in [0.3, 0.4) is 0 Å². The monoisotopic (exact) mass is 199 g/mol. The topological polar surface area (TPSA) is 35.2 Å². The lowest BCUT2D eigenvalue weighted by Crippen LogP contribution is -2.52. The fraction of sp³-hybridized carbons (Fsp3) is 0.400. The Morgan fingerprint density at radius 1 is 1.29 bits per heavy atom. The molecule has 0 radical (unpaired) electrons. The fourth-order valence-corrected chi connectivity index (χ4v) is 1.58. The number of hydrogen-bond acceptors (Lipinski definition) is 2. The van der Waals surface area contributed by atoms with Crippen LogP contribution in [0.2, 0.25) is 0 Å². The van der Waals surface area contributed by atoms with Crippen LogP contribution in [0.5, 0.6) is 0 Å². The van der Waals surface area contributed by atoms with Crippen LogP contribution in [0.25, 0.3) is 0 Å². The number of hydrogen-bond donors (Lipinski definition) is 1. The van der Waals surface area contributed by atoms with Crippen LogP contribution in [-0.2, 0) is 10.2 Å². The maximum absolute atomic E-state index is 12.9. The minimum atomic E-state index is -0.832. The second kappa shape index (κ2) is 3.29. The zero-order valence-corrected chi connectivity index (χ0v) is 7.59. The quantitative estimate of drug-likeness (QED) is 0.776. The molecule has 76 valence electrons. The first-order chi connectivity index (χ1) is 6.68. The van der Waals surface area contributed by atoms with Crippen molar-refractivity contribution in [2.75, 3.05) is 19.8 Å². The van der Waals surface area contributed by atoms with E-state index in [1.165, 1.54) is 6.07 Å². The highest BCUT2D eigenvalue weighted by Crippen LogP contribution is 2.31. The minimum absolute atomic E-state index is 0.311. The van der Waals surface area contributed by atoms with Crippen LogP contribution in [0.1, 0.15) is 5.56 Å². The van der Waals surface area contributed by atoms with Crippen LogP contribution in [0.15, 0.2) is 18.2 Å². The first kappa shape index (κ1) is 9.55. The molecule has 1 aliphatic heterocycles. The van der Waals surface area contributed by atoms with Gasteiger partial charge in [-0.15, -0.1) is 0 Å². The molecule has 0 unspecified atom stereocenters. The van der Waals surface area contributed by atoms with E-state index in [9.17, 15) is 8.78 Å². The molecule has 2 rings (SSSR count). The summed E-state index contributed by atoms with van der Waals surface area (Å²) in [5.41, 5.74) is 5.99. The molecule has 2 nitrogen and oxygen atoms in total. The molecule has 0 spiro atoms. The lowest BCUT2D eigenvalue weighted by molar-refractivity contribution is -0.0551. The van der Waals surface area contributed by atoms with Crippen LogP contribution in [0, 0.1) is 11.6 Å². The molecular formula is C10H11F2NO. The van der Waals surface area contributed by atoms with Crippen LogP contribution in [-0.4, -0.2) is 19.8 Å². The van der Waals surface area contributed by atoms with Gasteiger partial charge in [-0.25, -0.2) is 8.78 Å². The molecule has 4 heteroatoms. The normalized spacial score (nSPS) is 19.1. The Morgan fingerprint density at radius 2 is 2.00 bits per heavy atom. The Morgan fingerprint density at radius 3 is 2.43 bits per heavy atom. The molecule has 0 aromatic heterocycles. The Labute approximate surface area is 80.7 Å². The van der Waals surface area contributed by atoms with Crippen LogP contribution >= 0.6 is 0 Å². The van der Waals surface area contributed by atoms with Crippen molar-refractivity contribution in [3.8, 4) is 0 Å². The zero-order chi connectivity index (χ0) is 10.2. The van der Waals surface area contributed by atoms with Gasteiger partial charge in [0.05, 0.1) is 18.6 Å². The van der Waals surface area contributed by atoms with Gasteiger partial charge in [0.2, 0.25) is 0 Å². The highest BCUT2D eigenvalue weighted by Gasteiger charge is 2.39. The zero-order valence-electron chi connectivity index (χ0n) is 7.59. The van der Waals surface area contributed by atoms with Crippen LogP contribution in [0.4, 0.5) is 8.78 Å². The summed E-state index contributed by atoms with van der Waals surface area (Å²) in [7, 11) is 0. The molecule has 0 aliphatic carbocycles. The van der Waals surface area contributed by atoms with Gasteiger partial charge in [-0.1, -0.05) is 6.07 Å². The van der Waals surface area contributed by atoms with Crippen molar-refractivity contribution in [3.63, 3.8) is 0 Å². The van der Waals surface area contributed by atoms with Crippen molar-refractivity contribution in [1.29, 1.82) is 0 Å². The minimum Gasteiger partial charge on any atom is -0.379 e. The lowest BCUT2D eigenvalue weighted by atomic mass is 9.79. The van der Waals surface area contributed by atoms with Crippen molar-refractivity contribution in [2.24, 2.45) is 5.73 Å². The number of halogens is 2. The largest absolute Gasteiger partial charge is 0.379 e. The van der Waals surface area contributed by atoms with E-state index in [0.29, 0.717) is 25.3 Å². The highest BCUT2D eigenvalue weighted by molar-refractivity contribution is 5.29. The van der Waals surface area contributed by atoms with Gasteiger partial charge in [0.1, 0.15) is 0 Å². The molecule has 1 aromatic rings. The second-order valence-corrected chi connectivity index (χ2v) is 3.61. The molecule has 14 heavy (non-hydrogen) atoms. The third kappa shape index (κ3) is 1.31. The maximum atomic E-state index is 12.9. The maximum Gasteiger partial charge on any atom is 0.159 e. The number of nitrogens with two attached hydrogens (primary N) is 1. The smallest absolute Gasteiger partial charge is 0.159 e. The van der Waals surface area contributed by atoms with E-state index in [-0.39, 0.29) is 5.41 Å². The number of rotatable bonds is 2. The first-order valence-electron chi connectivity index (χ1n) is 4.41. The van der Waals surface area contributed by atoms with Gasteiger partial charge in [-0.05, 0) is 17.7 Å². The van der Waals surface area contributed by atoms with Gasteiger partial charge in [0.15, 0.2) is 11.6 Å². The SMILES string of the molecule is NCC1(c2ccc(F)c(F)c2)COC1. The molecule has 0 saturated carbocycles. The molecule has 1 aliphatic rings. The van der Waals surface area contributed by atoms with Crippen molar-refractivity contribution >= 4 is 0 Å². The summed E-state index contributed by atoms with van der Waals surface area (Å²) in [5, 5.41) is 0. The van der Waals surface area contributed by atoms with E-state index in [1.807, 2.05) is 0 Å². The van der Waals surface area contributed by atoms with Gasteiger partial charge < -0.3 is 10.5 Å². The highest BCUT2D eigenvalue weighted by atomic mass is 19.2. The molecule has 1 saturated heterocycles. The summed E-state index contributed by atoms with van der Waals surface area (Å²) >= 11 is 0. The predicted octanol–water partition coefficient (Wildman–Crippen LogP) is 1.19. The Hall–Kier alpha value is -1.00. The molecule has 1 aromatic carbocycles. The van der Waals surface area contributed by atoms with E-state index in [1.54, 1.807) is 6.07 Å². The summed E-state index contributed by atoms with van der Waals surface area (Å²) in [4.78, 5) is 0. The Kier molecular flexibility index (Phi) is 2.25. The Bertz CT molecular complexity index is 344. The van der Waals surface area contributed by atoms with E-state index in [0.717, 1.165) is 6.07 Å². The van der Waals surface area contributed by atoms with Gasteiger partial charge >= 0.3 is 0 Å². The van der Waals surface area contributed by atoms with E-state index >= 15 is 0 Å². The van der Waals surface area contributed by atoms with Crippen molar-refractivity contribution in [3.05, 3.63) is 35.4 Å². The standard InChI is InChI=1S/C10H11F2NO/c11-8-2-1-7(3-9(8)12)10(4-13)5-14-6-10/h1-3H,4-6,13H2. The Balaban J connectivity index is 2.36. The average molecular weight is 199 g/mol. The molecule has 0 amide bonds. The third-order valence-corrected chi connectivity index (χ3v) is 2.68. The van der Waals surface area contributed by atoms with E-state index in [2.05, 4.69) is 0 Å². The second-order valence-electron chi connectivity index (χ2n) is 3.61. The van der Waals surface area contributed by atoms with E-state index < -0.39 is 11.6 Å². The molecule has 0 bridgehead atoms. The molecule has 1 heterocycles. The summed E-state index contributed by atoms with van der Waals surface area (Å²) in [6.45, 7) is 1.35. The van der Waals surface area contributed by atoms with Gasteiger partial charge in [0.25, 0.3) is 0 Å². The number of benzene rings is 1. The van der Waals surface area contributed by atoms with Crippen molar-refractivity contribution in [1.82, 2.24) is 0 Å². The first-order valence-corrected chi connectivity index (χ1v) is 4.41. The van der Waals surface area contributed by atoms with Gasteiger partial charge in [-0.3, -0.25) is 0 Å².